The topological polar surface area (TPSA) is 110 Å². The first-order chi connectivity index (χ1) is 12.8. The van der Waals surface area contributed by atoms with E-state index >= 15 is 0 Å². The smallest absolute Gasteiger partial charge is 0.321 e. The molecule has 9 heteroatoms. The van der Waals surface area contributed by atoms with E-state index in [0.717, 1.165) is 11.3 Å². The van der Waals surface area contributed by atoms with Gasteiger partial charge in [-0.25, -0.2) is 23.0 Å². The quantitative estimate of drug-likeness (QED) is 0.701. The zero-order valence-electron chi connectivity index (χ0n) is 14.6. The number of nitrogens with two attached hydrogens (primary N) is 1. The molecule has 3 aromatic rings. The van der Waals surface area contributed by atoms with Gasteiger partial charge in [-0.3, -0.25) is 0 Å². The maximum absolute atomic E-state index is 12.3. The van der Waals surface area contributed by atoms with E-state index in [2.05, 4.69) is 10.4 Å². The lowest BCUT2D eigenvalue weighted by atomic mass is 10.3. The molecule has 0 saturated heterocycles. The van der Waals surface area contributed by atoms with Gasteiger partial charge in [-0.1, -0.05) is 18.2 Å². The predicted molar refractivity (Wildman–Crippen MR) is 102 cm³/mol. The molecule has 27 heavy (non-hydrogen) atoms. The van der Waals surface area contributed by atoms with Gasteiger partial charge in [-0.15, -0.1) is 0 Å². The van der Waals surface area contributed by atoms with Crippen molar-refractivity contribution in [1.82, 2.24) is 14.7 Å². The predicted octanol–water partition coefficient (Wildman–Crippen LogP) is 2.18. The summed E-state index contributed by atoms with van der Waals surface area (Å²) >= 11 is 0. The number of para-hydroxylation sites is 1. The average Bonchev–Trinajstić information content (AvgIpc) is 3.10. The summed E-state index contributed by atoms with van der Waals surface area (Å²) in [6.07, 6.45) is 3.57. The number of benzene rings is 2. The number of carbonyl (C=O) groups is 1. The molecular weight excluding hydrogens is 366 g/mol. The highest BCUT2D eigenvalue weighted by Gasteiger charge is 2.12. The van der Waals surface area contributed by atoms with E-state index in [-0.39, 0.29) is 10.9 Å². The first kappa shape index (κ1) is 18.6. The Morgan fingerprint density at radius 1 is 1.15 bits per heavy atom. The molecule has 0 aliphatic heterocycles. The summed E-state index contributed by atoms with van der Waals surface area (Å²) in [5, 5.41) is 12.1. The fraction of sp³-hybridized carbons (Fsp3) is 0.111. The van der Waals surface area contributed by atoms with Crippen LogP contribution in [0.25, 0.3) is 5.69 Å². The second kappa shape index (κ2) is 7.60. The summed E-state index contributed by atoms with van der Waals surface area (Å²) in [5.41, 5.74) is 2.28. The monoisotopic (exact) mass is 385 g/mol. The van der Waals surface area contributed by atoms with Gasteiger partial charge < -0.3 is 10.2 Å². The number of rotatable bonds is 5. The van der Waals surface area contributed by atoms with Gasteiger partial charge in [0.1, 0.15) is 0 Å². The summed E-state index contributed by atoms with van der Waals surface area (Å²) < 4.78 is 24.3. The van der Waals surface area contributed by atoms with Gasteiger partial charge in [0, 0.05) is 24.5 Å². The molecule has 3 rings (SSSR count). The van der Waals surface area contributed by atoms with Crippen LogP contribution in [0.2, 0.25) is 0 Å². The maximum Gasteiger partial charge on any atom is 0.321 e. The van der Waals surface area contributed by atoms with Gasteiger partial charge in [0.05, 0.1) is 23.3 Å². The SMILES string of the molecule is CN(Cc1cnn(-c2ccccc2)c1)C(=O)Nc1ccc(S(N)(=O)=O)cc1. The molecule has 1 aromatic heterocycles. The fourth-order valence-electron chi connectivity index (χ4n) is 2.46. The van der Waals surface area contributed by atoms with Crippen LogP contribution >= 0.6 is 0 Å². The van der Waals surface area contributed by atoms with Crippen LogP contribution < -0.4 is 10.5 Å². The van der Waals surface area contributed by atoms with Crippen molar-refractivity contribution in [2.24, 2.45) is 5.14 Å². The molecule has 0 saturated carbocycles. The van der Waals surface area contributed by atoms with Crippen molar-refractivity contribution < 1.29 is 13.2 Å². The van der Waals surface area contributed by atoms with Gasteiger partial charge in [0.2, 0.25) is 10.0 Å². The summed E-state index contributed by atoms with van der Waals surface area (Å²) in [6, 6.07) is 15.0. The summed E-state index contributed by atoms with van der Waals surface area (Å²) in [5.74, 6) is 0. The minimum Gasteiger partial charge on any atom is -0.323 e. The van der Waals surface area contributed by atoms with E-state index in [4.69, 9.17) is 5.14 Å². The van der Waals surface area contributed by atoms with Gasteiger partial charge in [0.25, 0.3) is 0 Å². The van der Waals surface area contributed by atoms with Crippen LogP contribution in [-0.4, -0.2) is 36.2 Å². The van der Waals surface area contributed by atoms with Crippen molar-refractivity contribution in [3.8, 4) is 5.69 Å². The molecule has 0 fully saturated rings. The third-order valence-electron chi connectivity index (χ3n) is 3.86. The van der Waals surface area contributed by atoms with Crippen molar-refractivity contribution in [3.05, 3.63) is 72.6 Å². The van der Waals surface area contributed by atoms with Crippen molar-refractivity contribution in [3.63, 3.8) is 0 Å². The second-order valence-electron chi connectivity index (χ2n) is 5.98. The van der Waals surface area contributed by atoms with Gasteiger partial charge >= 0.3 is 6.03 Å². The summed E-state index contributed by atoms with van der Waals surface area (Å²) in [4.78, 5) is 13.8. The van der Waals surface area contributed by atoms with Crippen molar-refractivity contribution >= 4 is 21.7 Å². The maximum atomic E-state index is 12.3. The Hall–Kier alpha value is -3.17. The Bertz CT molecular complexity index is 1030. The number of carbonyl (C=O) groups excluding carboxylic acids is 1. The van der Waals surface area contributed by atoms with E-state index in [9.17, 15) is 13.2 Å². The fourth-order valence-corrected chi connectivity index (χ4v) is 2.97. The number of anilines is 1. The van der Waals surface area contributed by atoms with Crippen LogP contribution in [0.4, 0.5) is 10.5 Å². The molecule has 0 aliphatic rings. The Morgan fingerprint density at radius 2 is 1.81 bits per heavy atom. The van der Waals surface area contributed by atoms with Gasteiger partial charge in [-0.05, 0) is 36.4 Å². The number of hydrogen-bond donors (Lipinski definition) is 2. The molecular formula is C18H19N5O3S. The molecule has 1 heterocycles. The van der Waals surface area contributed by atoms with E-state index in [1.165, 1.54) is 29.2 Å². The molecule has 0 spiro atoms. The Kier molecular flexibility index (Phi) is 5.24. The number of primary sulfonamides is 1. The minimum atomic E-state index is -3.76. The van der Waals surface area contributed by atoms with E-state index in [1.807, 2.05) is 36.5 Å². The molecule has 0 atom stereocenters. The number of urea groups is 1. The molecule has 3 N–H and O–H groups in total. The van der Waals surface area contributed by atoms with E-state index < -0.39 is 10.0 Å². The van der Waals surface area contributed by atoms with Crippen LogP contribution in [0.1, 0.15) is 5.56 Å². The highest BCUT2D eigenvalue weighted by molar-refractivity contribution is 7.89. The average molecular weight is 385 g/mol. The number of sulfonamides is 1. The zero-order valence-corrected chi connectivity index (χ0v) is 15.4. The van der Waals surface area contributed by atoms with Crippen LogP contribution in [0.3, 0.4) is 0 Å². The third kappa shape index (κ3) is 4.72. The largest absolute Gasteiger partial charge is 0.323 e. The first-order valence-electron chi connectivity index (χ1n) is 8.07. The standard InChI is InChI=1S/C18H19N5O3S/c1-22(12-14-11-20-23(13-14)16-5-3-2-4-6-16)18(24)21-15-7-9-17(10-8-15)27(19,25)26/h2-11,13H,12H2,1H3,(H,21,24)(H2,19,25,26). The summed E-state index contributed by atoms with van der Waals surface area (Å²) in [7, 11) is -2.10. The lowest BCUT2D eigenvalue weighted by Crippen LogP contribution is -2.30. The molecule has 0 unspecified atom stereocenters. The first-order valence-corrected chi connectivity index (χ1v) is 9.61. The van der Waals surface area contributed by atoms with Gasteiger partial charge in [-0.2, -0.15) is 5.10 Å². The molecule has 8 nitrogen and oxygen atoms in total. The van der Waals surface area contributed by atoms with Crippen LogP contribution in [0.5, 0.6) is 0 Å². The van der Waals surface area contributed by atoms with Crippen molar-refractivity contribution in [2.45, 2.75) is 11.4 Å². The molecule has 2 aromatic carbocycles. The van der Waals surface area contributed by atoms with Crippen molar-refractivity contribution in [2.75, 3.05) is 12.4 Å². The zero-order chi connectivity index (χ0) is 19.4. The molecule has 2 amide bonds. The molecule has 140 valence electrons. The molecule has 0 radical (unpaired) electrons. The highest BCUT2D eigenvalue weighted by atomic mass is 32.2. The Balaban J connectivity index is 1.62. The normalized spacial score (nSPS) is 11.2. The van der Waals surface area contributed by atoms with Crippen LogP contribution in [0, 0.1) is 0 Å². The lowest BCUT2D eigenvalue weighted by molar-refractivity contribution is 0.220. The van der Waals surface area contributed by atoms with Gasteiger partial charge in [0.15, 0.2) is 0 Å². The molecule has 0 bridgehead atoms. The lowest BCUT2D eigenvalue weighted by Gasteiger charge is -2.17. The third-order valence-corrected chi connectivity index (χ3v) is 4.79. The highest BCUT2D eigenvalue weighted by Crippen LogP contribution is 2.14. The number of aromatic nitrogens is 2. The van der Waals surface area contributed by atoms with Crippen molar-refractivity contribution in [1.29, 1.82) is 0 Å². The number of nitrogens with zero attached hydrogens (tertiary/aromatic N) is 3. The Labute approximate surface area is 157 Å². The Morgan fingerprint density at radius 3 is 2.44 bits per heavy atom. The minimum absolute atomic E-state index is 0.0119. The molecule has 0 aliphatic carbocycles. The number of amides is 2. The second-order valence-corrected chi connectivity index (χ2v) is 7.55. The number of nitrogens with one attached hydrogen (secondary N) is 1. The van der Waals surface area contributed by atoms with Crippen LogP contribution in [0.15, 0.2) is 71.9 Å². The van der Waals surface area contributed by atoms with Crippen LogP contribution in [-0.2, 0) is 16.6 Å². The summed E-state index contributed by atoms with van der Waals surface area (Å²) in [6.45, 7) is 0.369. The van der Waals surface area contributed by atoms with E-state index in [1.54, 1.807) is 17.9 Å². The van der Waals surface area contributed by atoms with E-state index in [0.29, 0.717) is 12.2 Å². The number of hydrogen-bond acceptors (Lipinski definition) is 4.